The topological polar surface area (TPSA) is 191 Å². The molecule has 34 heavy (non-hydrogen) atoms. The molecule has 11 heteroatoms. The normalized spacial score (nSPS) is 28.6. The number of nitrogens with two attached hydrogens (primary N) is 2. The van der Waals surface area contributed by atoms with Crippen molar-refractivity contribution in [3.63, 3.8) is 0 Å². The predicted molar refractivity (Wildman–Crippen MR) is 123 cm³/mol. The molecular weight excluding hydrogens is 444 g/mol. The van der Waals surface area contributed by atoms with Crippen LogP contribution in [-0.2, 0) is 20.8 Å². The summed E-state index contributed by atoms with van der Waals surface area (Å²) in [6.45, 7) is 0. The highest BCUT2D eigenvalue weighted by molar-refractivity contribution is 6.24. The van der Waals surface area contributed by atoms with Crippen LogP contribution in [0, 0.1) is 11.8 Å². The van der Waals surface area contributed by atoms with E-state index >= 15 is 0 Å². The zero-order valence-corrected chi connectivity index (χ0v) is 19.3. The summed E-state index contributed by atoms with van der Waals surface area (Å²) in [5.74, 6) is -6.95. The number of nitrogens with zero attached hydrogens (tertiary/aromatic N) is 2. The van der Waals surface area contributed by atoms with Crippen LogP contribution >= 0.6 is 0 Å². The van der Waals surface area contributed by atoms with Crippen LogP contribution in [0.1, 0.15) is 17.5 Å². The van der Waals surface area contributed by atoms with Crippen LogP contribution in [-0.4, -0.2) is 82.6 Å². The van der Waals surface area contributed by atoms with Gasteiger partial charge >= 0.3 is 0 Å². The molecule has 0 radical (unpaired) electrons. The van der Waals surface area contributed by atoms with Gasteiger partial charge in [0, 0.05) is 31.3 Å². The molecule has 3 aliphatic carbocycles. The van der Waals surface area contributed by atoms with Gasteiger partial charge in [0.15, 0.2) is 11.4 Å². The van der Waals surface area contributed by atoms with Crippen molar-refractivity contribution in [2.75, 3.05) is 38.8 Å². The number of carbonyl (C=O) groups is 3. The summed E-state index contributed by atoms with van der Waals surface area (Å²) in [7, 11) is 6.64. The number of rotatable bonds is 3. The predicted octanol–water partition coefficient (Wildman–Crippen LogP) is -0.388. The summed E-state index contributed by atoms with van der Waals surface area (Å²) >= 11 is 0. The Morgan fingerprint density at radius 2 is 1.76 bits per heavy atom. The number of carbonyl (C=O) groups excluding carboxylic acids is 3. The smallest absolute Gasteiger partial charge is 0.255 e. The van der Waals surface area contributed by atoms with Crippen molar-refractivity contribution in [1.82, 2.24) is 4.90 Å². The number of primary amides is 1. The van der Waals surface area contributed by atoms with Crippen molar-refractivity contribution >= 4 is 34.6 Å². The van der Waals surface area contributed by atoms with Gasteiger partial charge in [-0.2, -0.15) is 0 Å². The number of nitrogen functional groups attached to an aromatic ring is 1. The lowest BCUT2D eigenvalue weighted by Gasteiger charge is -2.50. The summed E-state index contributed by atoms with van der Waals surface area (Å²) in [6, 6.07) is 0.444. The lowest BCUT2D eigenvalue weighted by Crippen LogP contribution is -2.65. The van der Waals surface area contributed by atoms with Gasteiger partial charge in [0.1, 0.15) is 22.8 Å². The molecule has 1 aromatic rings. The Bertz CT molecular complexity index is 1220. The van der Waals surface area contributed by atoms with E-state index in [2.05, 4.69) is 0 Å². The second-order valence-corrected chi connectivity index (χ2v) is 9.54. The van der Waals surface area contributed by atoms with Gasteiger partial charge in [-0.15, -0.1) is 0 Å². The number of ketones is 2. The van der Waals surface area contributed by atoms with Gasteiger partial charge in [-0.3, -0.25) is 19.3 Å². The minimum Gasteiger partial charge on any atom is -0.508 e. The first kappa shape index (κ1) is 23.6. The molecular formula is C23H28N4O7. The molecule has 8 N–H and O–H groups in total. The quantitative estimate of drug-likeness (QED) is 0.192. The molecule has 3 aliphatic rings. The van der Waals surface area contributed by atoms with Crippen molar-refractivity contribution in [3.05, 3.63) is 34.1 Å². The maximum absolute atomic E-state index is 13.7. The number of fused-ring (bicyclic) bond motifs is 3. The number of anilines is 2. The molecule has 0 spiro atoms. The van der Waals surface area contributed by atoms with Gasteiger partial charge in [-0.1, -0.05) is 0 Å². The van der Waals surface area contributed by atoms with Gasteiger partial charge in [-0.25, -0.2) is 0 Å². The summed E-state index contributed by atoms with van der Waals surface area (Å²) in [6.07, 6.45) is 0.236. The van der Waals surface area contributed by atoms with Crippen LogP contribution in [0.2, 0.25) is 0 Å². The molecule has 3 unspecified atom stereocenters. The number of hydrogen-bond donors (Lipinski definition) is 6. The Hall–Kier alpha value is -3.57. The van der Waals surface area contributed by atoms with Gasteiger partial charge in [0.05, 0.1) is 17.3 Å². The zero-order valence-electron chi connectivity index (χ0n) is 19.3. The maximum Gasteiger partial charge on any atom is 0.255 e. The molecule has 4 atom stereocenters. The monoisotopic (exact) mass is 472 g/mol. The van der Waals surface area contributed by atoms with Crippen LogP contribution < -0.4 is 16.4 Å². The third kappa shape index (κ3) is 2.86. The molecule has 0 aliphatic heterocycles. The molecule has 0 aromatic heterocycles. The molecule has 182 valence electrons. The maximum atomic E-state index is 13.7. The number of likely N-dealkylation sites (N-methyl/N-ethyl adjacent to an activating group) is 1. The Morgan fingerprint density at radius 3 is 2.29 bits per heavy atom. The molecule has 1 fully saturated rings. The average Bonchev–Trinajstić information content (AvgIpc) is 2.72. The molecule has 0 saturated heterocycles. The van der Waals surface area contributed by atoms with E-state index in [0.29, 0.717) is 11.3 Å². The Labute approximate surface area is 195 Å². The van der Waals surface area contributed by atoms with Crippen molar-refractivity contribution in [2.24, 2.45) is 17.6 Å². The molecule has 4 rings (SSSR count). The first-order chi connectivity index (χ1) is 15.7. The fraction of sp³-hybridized carbons (Fsp3) is 0.435. The molecule has 1 aromatic carbocycles. The zero-order chi connectivity index (χ0) is 25.4. The third-order valence-electron chi connectivity index (χ3n) is 7.21. The summed E-state index contributed by atoms with van der Waals surface area (Å²) < 4.78 is 0. The van der Waals surface area contributed by atoms with E-state index in [-0.39, 0.29) is 29.7 Å². The highest BCUT2D eigenvalue weighted by Gasteiger charge is 2.64. The van der Waals surface area contributed by atoms with E-state index < -0.39 is 63.8 Å². The Balaban J connectivity index is 2.01. The van der Waals surface area contributed by atoms with E-state index in [9.17, 15) is 34.8 Å². The van der Waals surface area contributed by atoms with Gasteiger partial charge < -0.3 is 36.8 Å². The number of phenols is 1. The molecule has 11 nitrogen and oxygen atoms in total. The van der Waals surface area contributed by atoms with Gasteiger partial charge in [0.25, 0.3) is 5.91 Å². The molecule has 1 amide bonds. The molecule has 1 saturated carbocycles. The second-order valence-electron chi connectivity index (χ2n) is 9.54. The van der Waals surface area contributed by atoms with Crippen LogP contribution in [0.25, 0.3) is 5.76 Å². The fourth-order valence-electron chi connectivity index (χ4n) is 5.71. The number of amides is 1. The largest absolute Gasteiger partial charge is 0.508 e. The average molecular weight is 472 g/mol. The first-order valence-electron chi connectivity index (χ1n) is 10.7. The second kappa shape index (κ2) is 7.47. The van der Waals surface area contributed by atoms with Crippen LogP contribution in [0.4, 0.5) is 11.4 Å². The van der Waals surface area contributed by atoms with Crippen LogP contribution in [0.15, 0.2) is 23.0 Å². The van der Waals surface area contributed by atoms with Gasteiger partial charge in [0.2, 0.25) is 5.78 Å². The van der Waals surface area contributed by atoms with Crippen LogP contribution in [0.5, 0.6) is 5.75 Å². The fourth-order valence-corrected chi connectivity index (χ4v) is 5.71. The minimum atomic E-state index is -2.66. The van der Waals surface area contributed by atoms with Gasteiger partial charge in [-0.05, 0) is 44.5 Å². The number of aromatic hydroxyl groups is 1. The number of hydrogen-bond acceptors (Lipinski definition) is 10. The highest BCUT2D eigenvalue weighted by atomic mass is 16.3. The number of phenolic OH excluding ortho intramolecular Hbond substituents is 1. The summed E-state index contributed by atoms with van der Waals surface area (Å²) in [5, 5.41) is 44.2. The molecule has 0 heterocycles. The SMILES string of the molecule is CN(C)c1cc(N)c(O)c2c1CC1CC3C(N(C)C)C(=O)C(C(N)=O)=C(O)[C@@]3(O)C(=O)C1=C2O. The van der Waals surface area contributed by atoms with E-state index in [0.717, 1.165) is 0 Å². The first-order valence-corrected chi connectivity index (χ1v) is 10.7. The van der Waals surface area contributed by atoms with Crippen molar-refractivity contribution in [3.8, 4) is 5.75 Å². The summed E-state index contributed by atoms with van der Waals surface area (Å²) in [4.78, 5) is 42.0. The number of benzene rings is 1. The highest BCUT2D eigenvalue weighted by Crippen LogP contribution is 2.54. The molecule has 0 bridgehead atoms. The summed E-state index contributed by atoms with van der Waals surface area (Å²) in [5.41, 5.74) is 8.68. The van der Waals surface area contributed by atoms with Crippen molar-refractivity contribution in [1.29, 1.82) is 0 Å². The minimum absolute atomic E-state index is 0.0115. The van der Waals surface area contributed by atoms with E-state index in [4.69, 9.17) is 11.5 Å². The lowest BCUT2D eigenvalue weighted by atomic mass is 9.57. The standard InChI is InChI=1S/C23H28N4O7/c1-26(2)12-7-11(24)17(28)14-9(12)5-8-6-10-16(27(3)4)19(30)15(22(25)33)21(32)23(10,34)20(31)13(8)18(14)29/h7-8,10,16,28-29,32,34H,5-6,24H2,1-4H3,(H2,25,33)/t8?,10?,16?,23-/m0/s1. The number of aliphatic hydroxyl groups is 3. The lowest BCUT2D eigenvalue weighted by molar-refractivity contribution is -0.153. The van der Waals surface area contributed by atoms with Crippen molar-refractivity contribution in [2.45, 2.75) is 24.5 Å². The van der Waals surface area contributed by atoms with E-state index in [1.54, 1.807) is 39.2 Å². The Morgan fingerprint density at radius 1 is 1.15 bits per heavy atom. The van der Waals surface area contributed by atoms with E-state index in [1.807, 2.05) is 0 Å². The Kier molecular flexibility index (Phi) is 5.18. The van der Waals surface area contributed by atoms with Crippen LogP contribution in [0.3, 0.4) is 0 Å². The third-order valence-corrected chi connectivity index (χ3v) is 7.21. The van der Waals surface area contributed by atoms with Crippen molar-refractivity contribution < 1.29 is 34.8 Å². The van der Waals surface area contributed by atoms with E-state index in [1.165, 1.54) is 4.90 Å². The number of Topliss-reactive ketones (excluding diaryl/α,β-unsaturated/α-hetero) is 2. The number of aliphatic hydroxyl groups excluding tert-OH is 2.